The molecule has 0 aromatic carbocycles. The number of hydrogen-bond acceptors (Lipinski definition) is 4. The fraction of sp³-hybridized carbons (Fsp3) is 0.913. The molecule has 1 rings (SSSR count). The minimum Gasteiger partial charge on any atom is -0.465 e. The Bertz CT molecular complexity index is 403. The standard InChI is InChI=1S/C23H42O4/c1-4-7-8-9-10-11-12-15-18-26-22(24)20-16-13-14-17-21(20)23(25)27-19(5-2)6-3/h19-21H,4-18H2,1-3H3. The average molecular weight is 383 g/mol. The Morgan fingerprint density at radius 1 is 0.778 bits per heavy atom. The maximum Gasteiger partial charge on any atom is 0.310 e. The number of carbonyl (C=O) groups excluding carboxylic acids is 2. The van der Waals surface area contributed by atoms with Crippen LogP contribution in [0.5, 0.6) is 0 Å². The number of rotatable bonds is 14. The molecule has 2 unspecified atom stereocenters. The highest BCUT2D eigenvalue weighted by Crippen LogP contribution is 2.32. The second kappa shape index (κ2) is 14.9. The highest BCUT2D eigenvalue weighted by molar-refractivity contribution is 5.82. The van der Waals surface area contributed by atoms with Crippen molar-refractivity contribution in [2.24, 2.45) is 11.8 Å². The SMILES string of the molecule is CCCCCCCCCCOC(=O)C1CCCCC1C(=O)OC(CC)CC. The molecule has 0 bridgehead atoms. The molecule has 0 amide bonds. The van der Waals surface area contributed by atoms with E-state index in [-0.39, 0.29) is 29.9 Å². The maximum atomic E-state index is 12.5. The minimum absolute atomic E-state index is 0.0339. The summed E-state index contributed by atoms with van der Waals surface area (Å²) >= 11 is 0. The van der Waals surface area contributed by atoms with Crippen LogP contribution in [0.1, 0.15) is 111 Å². The third-order valence-electron chi connectivity index (χ3n) is 5.81. The smallest absolute Gasteiger partial charge is 0.310 e. The number of esters is 2. The van der Waals surface area contributed by atoms with Crippen LogP contribution in [-0.4, -0.2) is 24.6 Å². The maximum absolute atomic E-state index is 12.5. The van der Waals surface area contributed by atoms with Crippen LogP contribution in [-0.2, 0) is 19.1 Å². The van der Waals surface area contributed by atoms with Crippen LogP contribution in [0.4, 0.5) is 0 Å². The van der Waals surface area contributed by atoms with Crippen molar-refractivity contribution in [3.8, 4) is 0 Å². The molecule has 4 nitrogen and oxygen atoms in total. The van der Waals surface area contributed by atoms with E-state index in [1.54, 1.807) is 0 Å². The van der Waals surface area contributed by atoms with Gasteiger partial charge < -0.3 is 9.47 Å². The van der Waals surface area contributed by atoms with Crippen LogP contribution >= 0.6 is 0 Å². The summed E-state index contributed by atoms with van der Waals surface area (Å²) in [5.74, 6) is -1.01. The topological polar surface area (TPSA) is 52.6 Å². The number of carbonyl (C=O) groups is 2. The molecule has 0 spiro atoms. The third-order valence-corrected chi connectivity index (χ3v) is 5.81. The Kier molecular flexibility index (Phi) is 13.3. The molecular weight excluding hydrogens is 340 g/mol. The van der Waals surface area contributed by atoms with Gasteiger partial charge in [-0.3, -0.25) is 9.59 Å². The predicted molar refractivity (Wildman–Crippen MR) is 109 cm³/mol. The summed E-state index contributed by atoms with van der Waals surface area (Å²) < 4.78 is 11.1. The van der Waals surface area contributed by atoms with Crippen molar-refractivity contribution in [1.29, 1.82) is 0 Å². The predicted octanol–water partition coefficient (Wildman–Crippen LogP) is 6.21. The van der Waals surface area contributed by atoms with Crippen molar-refractivity contribution in [3.05, 3.63) is 0 Å². The van der Waals surface area contributed by atoms with Gasteiger partial charge in [-0.2, -0.15) is 0 Å². The van der Waals surface area contributed by atoms with Gasteiger partial charge in [0.15, 0.2) is 0 Å². The van der Waals surface area contributed by atoms with Gasteiger partial charge in [0.2, 0.25) is 0 Å². The van der Waals surface area contributed by atoms with E-state index in [4.69, 9.17) is 9.47 Å². The Balaban J connectivity index is 2.29. The number of ether oxygens (including phenoxy) is 2. The lowest BCUT2D eigenvalue weighted by Gasteiger charge is -2.29. The summed E-state index contributed by atoms with van der Waals surface area (Å²) in [6, 6.07) is 0. The molecule has 0 N–H and O–H groups in total. The van der Waals surface area contributed by atoms with E-state index in [0.717, 1.165) is 51.4 Å². The molecule has 2 atom stereocenters. The molecule has 1 aliphatic rings. The fourth-order valence-electron chi connectivity index (χ4n) is 3.92. The number of unbranched alkanes of at least 4 members (excludes halogenated alkanes) is 7. The van der Waals surface area contributed by atoms with Gasteiger partial charge >= 0.3 is 11.9 Å². The zero-order valence-corrected chi connectivity index (χ0v) is 18.0. The van der Waals surface area contributed by atoms with Crippen molar-refractivity contribution in [1.82, 2.24) is 0 Å². The van der Waals surface area contributed by atoms with Gasteiger partial charge in [-0.15, -0.1) is 0 Å². The van der Waals surface area contributed by atoms with Crippen molar-refractivity contribution in [3.63, 3.8) is 0 Å². The molecule has 1 saturated carbocycles. The van der Waals surface area contributed by atoms with Gasteiger partial charge in [0.1, 0.15) is 6.10 Å². The average Bonchev–Trinajstić information content (AvgIpc) is 2.70. The van der Waals surface area contributed by atoms with E-state index in [9.17, 15) is 9.59 Å². The van der Waals surface area contributed by atoms with Crippen molar-refractivity contribution >= 4 is 11.9 Å². The summed E-state index contributed by atoms with van der Waals surface area (Å²) in [6.07, 6.45) is 14.9. The minimum atomic E-state index is -0.314. The lowest BCUT2D eigenvalue weighted by Crippen LogP contribution is -2.36. The van der Waals surface area contributed by atoms with E-state index in [1.165, 1.54) is 38.5 Å². The summed E-state index contributed by atoms with van der Waals surface area (Å²) in [6.45, 7) is 6.77. The zero-order chi connectivity index (χ0) is 19.9. The molecule has 0 aromatic heterocycles. The first-order valence-electron chi connectivity index (χ1n) is 11.5. The second-order valence-electron chi connectivity index (χ2n) is 8.02. The Morgan fingerprint density at radius 2 is 1.30 bits per heavy atom. The Morgan fingerprint density at radius 3 is 1.85 bits per heavy atom. The number of hydrogen-bond donors (Lipinski definition) is 0. The molecule has 0 heterocycles. The highest BCUT2D eigenvalue weighted by atomic mass is 16.5. The molecule has 0 aromatic rings. The van der Waals surface area contributed by atoms with E-state index in [2.05, 4.69) is 6.92 Å². The summed E-state index contributed by atoms with van der Waals surface area (Å²) in [5, 5.41) is 0. The highest BCUT2D eigenvalue weighted by Gasteiger charge is 2.38. The second-order valence-corrected chi connectivity index (χ2v) is 8.02. The monoisotopic (exact) mass is 382 g/mol. The molecule has 158 valence electrons. The quantitative estimate of drug-likeness (QED) is 0.265. The van der Waals surface area contributed by atoms with Gasteiger partial charge in [0, 0.05) is 0 Å². The van der Waals surface area contributed by atoms with E-state index < -0.39 is 0 Å². The van der Waals surface area contributed by atoms with Gasteiger partial charge in [0.25, 0.3) is 0 Å². The van der Waals surface area contributed by atoms with Crippen molar-refractivity contribution in [2.75, 3.05) is 6.61 Å². The van der Waals surface area contributed by atoms with Crippen LogP contribution in [0.2, 0.25) is 0 Å². The van der Waals surface area contributed by atoms with Gasteiger partial charge in [-0.25, -0.2) is 0 Å². The van der Waals surface area contributed by atoms with Gasteiger partial charge in [0.05, 0.1) is 18.4 Å². The first-order valence-corrected chi connectivity index (χ1v) is 11.5. The van der Waals surface area contributed by atoms with Gasteiger partial charge in [-0.05, 0) is 32.1 Å². The normalized spacial score (nSPS) is 19.9. The van der Waals surface area contributed by atoms with Crippen LogP contribution in [0.25, 0.3) is 0 Å². The van der Waals surface area contributed by atoms with Crippen LogP contribution < -0.4 is 0 Å². The van der Waals surface area contributed by atoms with E-state index in [1.807, 2.05) is 13.8 Å². The van der Waals surface area contributed by atoms with Crippen LogP contribution in [0.15, 0.2) is 0 Å². The Hall–Kier alpha value is -1.06. The lowest BCUT2D eigenvalue weighted by atomic mass is 9.79. The first-order chi connectivity index (χ1) is 13.1. The molecule has 0 saturated heterocycles. The third kappa shape index (κ3) is 9.62. The summed E-state index contributed by atoms with van der Waals surface area (Å²) in [5.41, 5.74) is 0. The van der Waals surface area contributed by atoms with Crippen LogP contribution in [0, 0.1) is 11.8 Å². The van der Waals surface area contributed by atoms with Crippen LogP contribution in [0.3, 0.4) is 0 Å². The Labute approximate surface area is 166 Å². The van der Waals surface area contributed by atoms with E-state index >= 15 is 0 Å². The molecular formula is C23H42O4. The van der Waals surface area contributed by atoms with Crippen molar-refractivity contribution < 1.29 is 19.1 Å². The summed E-state index contributed by atoms with van der Waals surface area (Å²) in [4.78, 5) is 25.0. The lowest BCUT2D eigenvalue weighted by molar-refractivity contribution is -0.166. The molecule has 4 heteroatoms. The molecule has 0 radical (unpaired) electrons. The van der Waals surface area contributed by atoms with Gasteiger partial charge in [-0.1, -0.05) is 78.6 Å². The molecule has 1 fully saturated rings. The first kappa shape index (κ1) is 24.0. The summed E-state index contributed by atoms with van der Waals surface area (Å²) in [7, 11) is 0. The zero-order valence-electron chi connectivity index (χ0n) is 18.0. The molecule has 27 heavy (non-hydrogen) atoms. The van der Waals surface area contributed by atoms with Crippen molar-refractivity contribution in [2.45, 2.75) is 117 Å². The largest absolute Gasteiger partial charge is 0.465 e. The molecule has 1 aliphatic carbocycles. The molecule has 0 aliphatic heterocycles. The fourth-order valence-corrected chi connectivity index (χ4v) is 3.92. The van der Waals surface area contributed by atoms with E-state index in [0.29, 0.717) is 6.61 Å².